The van der Waals surface area contributed by atoms with Crippen LogP contribution < -0.4 is 10.7 Å². The zero-order chi connectivity index (χ0) is 26.0. The van der Waals surface area contributed by atoms with Crippen LogP contribution in [0.1, 0.15) is 55.7 Å². The highest BCUT2D eigenvalue weighted by molar-refractivity contribution is 5.88. The molecule has 7 nitrogen and oxygen atoms in total. The average Bonchev–Trinajstić information content (AvgIpc) is 3.42. The topological polar surface area (TPSA) is 82.4 Å². The molecular weight excluding hydrogens is 481 g/mol. The molecule has 2 saturated carbocycles. The Morgan fingerprint density at radius 3 is 2.82 bits per heavy atom. The van der Waals surface area contributed by atoms with Crippen LogP contribution in [-0.2, 0) is 0 Å². The van der Waals surface area contributed by atoms with Gasteiger partial charge in [0.05, 0.1) is 30.4 Å². The van der Waals surface area contributed by atoms with Crippen molar-refractivity contribution in [2.24, 2.45) is 17.3 Å². The number of fused-ring (bicyclic) bond motifs is 4. The fourth-order valence-electron chi connectivity index (χ4n) is 8.12. The lowest BCUT2D eigenvalue weighted by Crippen LogP contribution is -2.53. The van der Waals surface area contributed by atoms with Crippen molar-refractivity contribution in [3.05, 3.63) is 71.9 Å². The van der Waals surface area contributed by atoms with Crippen molar-refractivity contribution in [1.29, 1.82) is 0 Å². The van der Waals surface area contributed by atoms with Crippen LogP contribution in [0.4, 0.5) is 14.9 Å². The number of aliphatic hydroxyl groups excluding tert-OH is 1. The molecule has 8 heteroatoms. The van der Waals surface area contributed by atoms with Gasteiger partial charge in [-0.05, 0) is 80.9 Å². The molecule has 4 fully saturated rings. The molecule has 3 aromatic rings. The van der Waals surface area contributed by atoms with Gasteiger partial charge < -0.3 is 15.0 Å². The number of anilines is 1. The first-order valence-corrected chi connectivity index (χ1v) is 13.8. The van der Waals surface area contributed by atoms with E-state index in [0.717, 1.165) is 61.2 Å². The molecule has 2 amide bonds. The molecule has 4 bridgehead atoms. The number of imidazole rings is 1. The van der Waals surface area contributed by atoms with Crippen molar-refractivity contribution in [2.45, 2.75) is 63.6 Å². The van der Waals surface area contributed by atoms with E-state index in [-0.39, 0.29) is 29.3 Å². The number of aryl methyl sites for hydroxylation is 1. The van der Waals surface area contributed by atoms with Crippen LogP contribution >= 0.6 is 0 Å². The zero-order valence-corrected chi connectivity index (χ0v) is 21.6. The van der Waals surface area contributed by atoms with Crippen LogP contribution in [-0.4, -0.2) is 44.4 Å². The fourth-order valence-corrected chi connectivity index (χ4v) is 8.12. The van der Waals surface area contributed by atoms with Crippen LogP contribution in [0.5, 0.6) is 0 Å². The summed E-state index contributed by atoms with van der Waals surface area (Å²) in [5.41, 5.74) is 7.27. The Bertz CT molecular complexity index is 1370. The highest BCUT2D eigenvalue weighted by atomic mass is 19.1. The predicted octanol–water partition coefficient (Wildman–Crippen LogP) is 5.27. The van der Waals surface area contributed by atoms with Crippen LogP contribution in [0, 0.1) is 30.0 Å². The van der Waals surface area contributed by atoms with E-state index in [0.29, 0.717) is 23.8 Å². The van der Waals surface area contributed by atoms with E-state index < -0.39 is 6.10 Å². The summed E-state index contributed by atoms with van der Waals surface area (Å²) in [6, 6.07) is 12.7. The van der Waals surface area contributed by atoms with Crippen molar-refractivity contribution >= 4 is 11.7 Å². The molecular formula is C30H34FN5O2. The zero-order valence-electron chi connectivity index (χ0n) is 21.6. The van der Waals surface area contributed by atoms with Crippen LogP contribution in [0.15, 0.2) is 55.0 Å². The van der Waals surface area contributed by atoms with E-state index >= 15 is 4.39 Å². The Hall–Kier alpha value is -3.23. The van der Waals surface area contributed by atoms with Gasteiger partial charge in [0.15, 0.2) is 0 Å². The highest BCUT2D eigenvalue weighted by Gasteiger charge is 2.54. The number of carbonyl (C=O) groups is 1. The van der Waals surface area contributed by atoms with Crippen LogP contribution in [0.2, 0.25) is 0 Å². The molecule has 2 aromatic carbocycles. The number of nitrogens with zero attached hydrogens (tertiary/aromatic N) is 3. The number of hydrogen-bond donors (Lipinski definition) is 3. The number of hydrogen-bond acceptors (Lipinski definition) is 4. The average molecular weight is 516 g/mol. The van der Waals surface area contributed by atoms with Crippen molar-refractivity contribution in [1.82, 2.24) is 20.0 Å². The van der Waals surface area contributed by atoms with Gasteiger partial charge in [0.25, 0.3) is 0 Å². The van der Waals surface area contributed by atoms with Gasteiger partial charge >= 0.3 is 6.03 Å². The molecule has 1 aromatic heterocycles. The highest BCUT2D eigenvalue weighted by Crippen LogP contribution is 2.57. The lowest BCUT2D eigenvalue weighted by molar-refractivity contribution is -0.0723. The number of aromatic nitrogens is 2. The Labute approximate surface area is 222 Å². The maximum absolute atomic E-state index is 15.0. The van der Waals surface area contributed by atoms with Crippen molar-refractivity contribution < 1.29 is 14.3 Å². The summed E-state index contributed by atoms with van der Waals surface area (Å²) >= 11 is 0. The first-order chi connectivity index (χ1) is 18.4. The molecule has 38 heavy (non-hydrogen) atoms. The molecule has 8 rings (SSSR count). The molecule has 3 aliphatic heterocycles. The summed E-state index contributed by atoms with van der Waals surface area (Å²) in [5.74, 6) is 0.721. The van der Waals surface area contributed by atoms with Gasteiger partial charge in [-0.1, -0.05) is 29.8 Å². The molecule has 6 unspecified atom stereocenters. The number of aliphatic hydroxyl groups is 1. The number of urea groups is 1. The van der Waals surface area contributed by atoms with Gasteiger partial charge in [-0.3, -0.25) is 5.43 Å². The SMILES string of the molecule is Cc1ccc(NC(=O)NN2CC3CC4CC2CC(C(O)CC2c5c(F)cccc5-c5cncn52)(C4)C3)cc1. The molecule has 0 radical (unpaired) electrons. The Kier molecular flexibility index (Phi) is 5.60. The summed E-state index contributed by atoms with van der Waals surface area (Å²) in [4.78, 5) is 17.2. The number of carbonyl (C=O) groups excluding carboxylic acids is 1. The predicted molar refractivity (Wildman–Crippen MR) is 143 cm³/mol. The minimum atomic E-state index is -0.567. The second-order valence-electron chi connectivity index (χ2n) is 12.1. The van der Waals surface area contributed by atoms with E-state index in [9.17, 15) is 9.90 Å². The number of nitrogens with one attached hydrogen (secondary N) is 2. The normalized spacial score (nSPS) is 30.0. The lowest BCUT2D eigenvalue weighted by atomic mass is 9.56. The second kappa shape index (κ2) is 8.92. The minimum absolute atomic E-state index is 0.177. The van der Waals surface area contributed by atoms with E-state index in [1.165, 1.54) is 6.07 Å². The van der Waals surface area contributed by atoms with Crippen LogP contribution in [0.25, 0.3) is 11.3 Å². The van der Waals surface area contributed by atoms with E-state index in [2.05, 4.69) is 20.7 Å². The van der Waals surface area contributed by atoms with Crippen LogP contribution in [0.3, 0.4) is 0 Å². The number of hydrazine groups is 1. The minimum Gasteiger partial charge on any atom is -0.392 e. The molecule has 2 aliphatic carbocycles. The van der Waals surface area contributed by atoms with Gasteiger partial charge in [0, 0.05) is 29.4 Å². The van der Waals surface area contributed by atoms with Crippen molar-refractivity contribution in [3.63, 3.8) is 0 Å². The summed E-state index contributed by atoms with van der Waals surface area (Å²) in [6.45, 7) is 2.82. The first-order valence-electron chi connectivity index (χ1n) is 13.8. The summed E-state index contributed by atoms with van der Waals surface area (Å²) in [6.07, 6.45) is 8.37. The third-order valence-corrected chi connectivity index (χ3v) is 9.57. The molecule has 2 saturated heterocycles. The number of amides is 2. The van der Waals surface area contributed by atoms with Gasteiger partial charge in [0.2, 0.25) is 0 Å². The van der Waals surface area contributed by atoms with E-state index in [1.807, 2.05) is 41.8 Å². The Morgan fingerprint density at radius 1 is 1.16 bits per heavy atom. The van der Waals surface area contributed by atoms with Gasteiger partial charge in [-0.2, -0.15) is 0 Å². The third kappa shape index (κ3) is 3.93. The van der Waals surface area contributed by atoms with Crippen molar-refractivity contribution in [3.8, 4) is 11.3 Å². The first kappa shape index (κ1) is 23.9. The maximum Gasteiger partial charge on any atom is 0.333 e. The molecule has 5 aliphatic rings. The van der Waals surface area contributed by atoms with Gasteiger partial charge in [-0.15, -0.1) is 0 Å². The molecule has 0 spiro atoms. The van der Waals surface area contributed by atoms with E-state index in [4.69, 9.17) is 0 Å². The van der Waals surface area contributed by atoms with Gasteiger partial charge in [-0.25, -0.2) is 19.2 Å². The summed E-state index contributed by atoms with van der Waals surface area (Å²) < 4.78 is 17.1. The third-order valence-electron chi connectivity index (χ3n) is 9.57. The molecule has 6 atom stereocenters. The second-order valence-corrected chi connectivity index (χ2v) is 12.1. The quantitative estimate of drug-likeness (QED) is 0.433. The molecule has 198 valence electrons. The van der Waals surface area contributed by atoms with E-state index in [1.54, 1.807) is 18.6 Å². The van der Waals surface area contributed by atoms with Gasteiger partial charge in [0.1, 0.15) is 5.82 Å². The standard InChI is InChI=1S/C30H34FN5O2/c1-18-5-7-21(8-6-18)33-29(38)34-36-16-20-9-19-10-22(36)14-30(12-19,13-20)27(37)11-25-28-23(3-2-4-24(28)31)26-15-32-17-35(25)26/h2-8,15,17,19-20,22,25,27,37H,9-14,16H2,1H3,(H2,33,34,38). The number of halogens is 1. The maximum atomic E-state index is 15.0. The monoisotopic (exact) mass is 515 g/mol. The largest absolute Gasteiger partial charge is 0.392 e. The number of benzene rings is 2. The Morgan fingerprint density at radius 2 is 1.97 bits per heavy atom. The summed E-state index contributed by atoms with van der Waals surface area (Å²) in [7, 11) is 0. The lowest BCUT2D eigenvalue weighted by Gasteiger charge is -2.51. The smallest absolute Gasteiger partial charge is 0.333 e. The molecule has 3 N–H and O–H groups in total. The molecule has 4 heterocycles. The summed E-state index contributed by atoms with van der Waals surface area (Å²) in [5, 5.41) is 17.0. The van der Waals surface area contributed by atoms with Crippen molar-refractivity contribution in [2.75, 3.05) is 11.9 Å². The fraction of sp³-hybridized carbons (Fsp3) is 0.467. The Balaban J connectivity index is 1.10. The number of rotatable bonds is 5.